The summed E-state index contributed by atoms with van der Waals surface area (Å²) in [4.78, 5) is 0. The summed E-state index contributed by atoms with van der Waals surface area (Å²) in [6.07, 6.45) is 8.67. The Balaban J connectivity index is 1.43. The molecule has 1 radical (unpaired) electrons. The normalized spacial score (nSPS) is 49.8. The van der Waals surface area contributed by atoms with Gasteiger partial charge in [0.1, 0.15) is 8.07 Å². The summed E-state index contributed by atoms with van der Waals surface area (Å²) in [6, 6.07) is 1.19. The van der Waals surface area contributed by atoms with Gasteiger partial charge in [0.2, 0.25) is 0 Å². The minimum Gasteiger partial charge on any atom is -0.131 e. The molecule has 0 heterocycles. The Morgan fingerprint density at radius 2 is 1.12 bits per heavy atom. The van der Waals surface area contributed by atoms with Crippen LogP contribution in [0, 0.1) is 69.6 Å². The first-order valence-corrected chi connectivity index (χ1v) is 17.2. The molecule has 0 unspecified atom stereocenters. The SMILES string of the molecule is C[Si](C)CC#CC12CC3C4CC5(C#C[Si](C)(C)C)CC3C(C1)C(C5)C4C2. The second-order valence-electron chi connectivity index (χ2n) is 12.0. The van der Waals surface area contributed by atoms with Gasteiger partial charge in [0.25, 0.3) is 0 Å². The molecule has 7 rings (SSSR count). The Hall–Kier alpha value is -0.446. The van der Waals surface area contributed by atoms with Gasteiger partial charge in [-0.1, -0.05) is 38.7 Å². The molecule has 2 heteroatoms. The minimum absolute atomic E-state index is 0.196. The van der Waals surface area contributed by atoms with Crippen molar-refractivity contribution in [1.29, 1.82) is 0 Å². The maximum atomic E-state index is 3.94. The largest absolute Gasteiger partial charge is 0.131 e. The first-order valence-electron chi connectivity index (χ1n) is 11.0. The molecule has 0 aromatic heterocycles. The Bertz CT molecular complexity index is 669. The van der Waals surface area contributed by atoms with Crippen LogP contribution in [-0.2, 0) is 0 Å². The molecule has 26 heavy (non-hydrogen) atoms. The van der Waals surface area contributed by atoms with E-state index in [0.29, 0.717) is 10.8 Å². The van der Waals surface area contributed by atoms with Crippen molar-refractivity contribution in [3.05, 3.63) is 0 Å². The third kappa shape index (κ3) is 2.63. The second kappa shape index (κ2) is 5.55. The highest BCUT2D eigenvalue weighted by molar-refractivity contribution is 6.83. The lowest BCUT2D eigenvalue weighted by molar-refractivity contribution is -0.233. The van der Waals surface area contributed by atoms with Crippen molar-refractivity contribution in [2.75, 3.05) is 0 Å². The highest BCUT2D eigenvalue weighted by Gasteiger charge is 2.70. The lowest BCUT2D eigenvalue weighted by Crippen LogP contribution is -2.67. The van der Waals surface area contributed by atoms with E-state index >= 15 is 0 Å². The Morgan fingerprint density at radius 3 is 1.46 bits per heavy atom. The zero-order chi connectivity index (χ0) is 18.3. The van der Waals surface area contributed by atoms with Gasteiger partial charge in [-0.2, -0.15) is 0 Å². The molecule has 0 nitrogen and oxygen atoms in total. The zero-order valence-corrected chi connectivity index (χ0v) is 19.4. The smallest absolute Gasteiger partial charge is 0.129 e. The molecule has 7 fully saturated rings. The lowest BCUT2D eigenvalue weighted by Gasteiger charge is -2.73. The van der Waals surface area contributed by atoms with Gasteiger partial charge in [-0.05, 0) is 74.0 Å². The minimum atomic E-state index is -1.26. The van der Waals surface area contributed by atoms with E-state index in [2.05, 4.69) is 56.0 Å². The van der Waals surface area contributed by atoms with Crippen molar-refractivity contribution in [1.82, 2.24) is 0 Å². The molecule has 7 aliphatic rings. The van der Waals surface area contributed by atoms with Gasteiger partial charge in [-0.25, -0.2) is 0 Å². The Kier molecular flexibility index (Phi) is 3.76. The molecule has 139 valence electrons. The summed E-state index contributed by atoms with van der Waals surface area (Å²) in [5.74, 6) is 17.5. The van der Waals surface area contributed by atoms with E-state index in [4.69, 9.17) is 0 Å². The Labute approximate surface area is 163 Å². The van der Waals surface area contributed by atoms with E-state index in [1.807, 2.05) is 0 Å². The molecule has 0 saturated heterocycles. The van der Waals surface area contributed by atoms with Crippen LogP contribution in [0.3, 0.4) is 0 Å². The summed E-state index contributed by atoms with van der Waals surface area (Å²) >= 11 is 0. The van der Waals surface area contributed by atoms with Crippen molar-refractivity contribution in [2.45, 2.75) is 77.3 Å². The van der Waals surface area contributed by atoms with E-state index in [1.165, 1.54) is 44.6 Å². The van der Waals surface area contributed by atoms with Crippen molar-refractivity contribution in [3.8, 4) is 23.3 Å². The summed E-state index contributed by atoms with van der Waals surface area (Å²) in [6.45, 7) is 12.0. The molecule has 0 atom stereocenters. The monoisotopic (exact) mass is 379 g/mol. The molecule has 7 aliphatic carbocycles. The average molecular weight is 380 g/mol. The van der Waals surface area contributed by atoms with Gasteiger partial charge in [0.15, 0.2) is 0 Å². The van der Waals surface area contributed by atoms with Gasteiger partial charge in [-0.15, -0.1) is 17.4 Å². The van der Waals surface area contributed by atoms with Gasteiger partial charge in [-0.3, -0.25) is 0 Å². The number of hydrogen-bond donors (Lipinski definition) is 0. The van der Waals surface area contributed by atoms with Crippen molar-refractivity contribution < 1.29 is 0 Å². The van der Waals surface area contributed by atoms with Crippen LogP contribution >= 0.6 is 0 Å². The third-order valence-electron chi connectivity index (χ3n) is 8.56. The van der Waals surface area contributed by atoms with Crippen molar-refractivity contribution >= 4 is 16.9 Å². The fourth-order valence-corrected chi connectivity index (χ4v) is 9.05. The topological polar surface area (TPSA) is 0 Å². The predicted octanol–water partition coefficient (Wildman–Crippen LogP) is 5.70. The molecule has 0 aromatic rings. The molecular weight excluding hydrogens is 344 g/mol. The molecule has 0 aliphatic heterocycles. The van der Waals surface area contributed by atoms with E-state index in [1.54, 1.807) is 0 Å². The highest BCUT2D eigenvalue weighted by atomic mass is 28.3. The van der Waals surface area contributed by atoms with Gasteiger partial charge in [0, 0.05) is 16.9 Å². The average Bonchev–Trinajstić information content (AvgIpc) is 2.56. The highest BCUT2D eigenvalue weighted by Crippen LogP contribution is 2.76. The zero-order valence-electron chi connectivity index (χ0n) is 17.4. The van der Waals surface area contributed by atoms with Crippen LogP contribution in [0.15, 0.2) is 0 Å². The van der Waals surface area contributed by atoms with Crippen LogP contribution < -0.4 is 0 Å². The quantitative estimate of drug-likeness (QED) is 0.405. The van der Waals surface area contributed by atoms with E-state index in [9.17, 15) is 0 Å². The molecule has 7 saturated carbocycles. The maximum Gasteiger partial charge on any atom is 0.129 e. The van der Waals surface area contributed by atoms with Crippen LogP contribution in [0.1, 0.15) is 38.5 Å². The van der Waals surface area contributed by atoms with Gasteiger partial charge < -0.3 is 0 Å². The summed E-state index contributed by atoms with van der Waals surface area (Å²) < 4.78 is 0. The van der Waals surface area contributed by atoms with E-state index < -0.39 is 8.07 Å². The molecule has 0 aromatic carbocycles. The van der Waals surface area contributed by atoms with Crippen LogP contribution in [0.4, 0.5) is 0 Å². The number of rotatable bonds is 1. The standard InChI is InChI=1S/C24H35Si2/c1-25(2)9-6-7-23-11-17-20-14-24(8-10-26(3,4)5)15-21(17)19(13-23)22(16-24)18(20)12-23/h17-22H,9,11-16H2,1-5H3. The predicted molar refractivity (Wildman–Crippen MR) is 115 cm³/mol. The lowest BCUT2D eigenvalue weighted by atomic mass is 9.31. The number of hydrogen-bond acceptors (Lipinski definition) is 0. The van der Waals surface area contributed by atoms with Crippen LogP contribution in [-0.4, -0.2) is 16.9 Å². The van der Waals surface area contributed by atoms with Crippen molar-refractivity contribution in [3.63, 3.8) is 0 Å². The summed E-state index contributed by atoms with van der Waals surface area (Å²) in [7, 11) is -1.45. The first kappa shape index (κ1) is 17.6. The summed E-state index contributed by atoms with van der Waals surface area (Å²) in [5.41, 5.74) is 4.65. The third-order valence-corrected chi connectivity index (χ3v) is 10.3. The van der Waals surface area contributed by atoms with Crippen LogP contribution in [0.25, 0.3) is 0 Å². The first-order chi connectivity index (χ1) is 12.2. The summed E-state index contributed by atoms with van der Waals surface area (Å²) in [5, 5.41) is 0. The van der Waals surface area contributed by atoms with E-state index in [-0.39, 0.29) is 8.80 Å². The molecule has 0 amide bonds. The fraction of sp³-hybridized carbons (Fsp3) is 0.833. The second-order valence-corrected chi connectivity index (χ2v) is 19.5. The molecule has 0 spiro atoms. The maximum absolute atomic E-state index is 3.94. The Morgan fingerprint density at radius 1 is 0.731 bits per heavy atom. The molecule has 0 N–H and O–H groups in total. The fourth-order valence-electron chi connectivity index (χ4n) is 7.96. The van der Waals surface area contributed by atoms with Crippen LogP contribution in [0.5, 0.6) is 0 Å². The van der Waals surface area contributed by atoms with Crippen molar-refractivity contribution in [2.24, 2.45) is 46.3 Å². The molecule has 8 bridgehead atoms. The van der Waals surface area contributed by atoms with Gasteiger partial charge in [0.05, 0.1) is 8.80 Å². The van der Waals surface area contributed by atoms with Crippen LogP contribution in [0.2, 0.25) is 38.8 Å². The van der Waals surface area contributed by atoms with Gasteiger partial charge >= 0.3 is 0 Å². The molecular formula is C24H35Si2. The van der Waals surface area contributed by atoms with E-state index in [0.717, 1.165) is 35.5 Å².